The van der Waals surface area contributed by atoms with Crippen molar-refractivity contribution in [2.75, 3.05) is 32.5 Å². The van der Waals surface area contributed by atoms with Crippen LogP contribution in [0.2, 0.25) is 5.02 Å². The molecule has 0 spiro atoms. The number of ether oxygens (including phenoxy) is 4. The van der Waals surface area contributed by atoms with Crippen molar-refractivity contribution >= 4 is 53.5 Å². The van der Waals surface area contributed by atoms with Gasteiger partial charge in [0.25, 0.3) is 13.4 Å². The van der Waals surface area contributed by atoms with Gasteiger partial charge in [-0.1, -0.05) is 11.6 Å². The molecule has 1 aromatic heterocycles. The van der Waals surface area contributed by atoms with Gasteiger partial charge in [0.05, 0.1) is 35.5 Å². The first-order valence-electron chi connectivity index (χ1n) is 13.8. The van der Waals surface area contributed by atoms with Crippen LogP contribution in [0.3, 0.4) is 0 Å². The van der Waals surface area contributed by atoms with Gasteiger partial charge < -0.3 is 29.6 Å². The number of esters is 1. The van der Waals surface area contributed by atoms with Gasteiger partial charge in [-0.05, 0) is 57.9 Å². The molecule has 0 radical (unpaired) electrons. The quantitative estimate of drug-likeness (QED) is 0.139. The molecule has 1 fully saturated rings. The number of urea groups is 1. The van der Waals surface area contributed by atoms with Gasteiger partial charge >= 0.3 is 12.0 Å². The first-order valence-corrected chi connectivity index (χ1v) is 16.0. The summed E-state index contributed by atoms with van der Waals surface area (Å²) in [5, 5.41) is 11.5. The highest BCUT2D eigenvalue weighted by Crippen LogP contribution is 2.41. The first-order chi connectivity index (χ1) is 20.9. The van der Waals surface area contributed by atoms with E-state index >= 15 is 0 Å². The van der Waals surface area contributed by atoms with Crippen LogP contribution in [0, 0.1) is 0 Å². The lowest BCUT2D eigenvalue weighted by Crippen LogP contribution is -2.49. The standard InChI is InChI=1S/C29H35ClN5O8P/c1-6-42-27(37)29(2,3)35-44(39,16-40-4)34-26(36)20-14-19-23(15-25(20)41-5)31-12-11-24(19)43-18-9-10-22(21(30)13-18)33-28(38)32-17-7-8-17/h9-15,17H,6-8,16H2,1-5H3,(H2,32,33,38)(H2,34,35,36,39). The number of carbonyl (C=O) groups is 3. The molecule has 0 saturated heterocycles. The predicted octanol–water partition coefficient (Wildman–Crippen LogP) is 5.43. The summed E-state index contributed by atoms with van der Waals surface area (Å²) in [5.41, 5.74) is -0.494. The number of benzene rings is 2. The maximum atomic E-state index is 13.8. The number of rotatable bonds is 13. The zero-order chi connectivity index (χ0) is 32.1. The summed E-state index contributed by atoms with van der Waals surface area (Å²) in [4.78, 5) is 42.5. The zero-order valence-electron chi connectivity index (χ0n) is 25.0. The summed E-state index contributed by atoms with van der Waals surface area (Å²) in [6.45, 7) is 4.76. The largest absolute Gasteiger partial charge is 0.496 e. The number of nitrogens with zero attached hydrogens (tertiary/aromatic N) is 1. The Bertz CT molecular complexity index is 1610. The van der Waals surface area contributed by atoms with Crippen LogP contribution >= 0.6 is 19.0 Å². The molecule has 3 amide bonds. The number of nitrogens with one attached hydrogen (secondary N) is 4. The molecule has 1 aliphatic carbocycles. The molecular formula is C29H35ClN5O8P. The molecule has 15 heteroatoms. The maximum absolute atomic E-state index is 13.8. The lowest BCUT2D eigenvalue weighted by Gasteiger charge is -2.30. The Morgan fingerprint density at radius 3 is 2.48 bits per heavy atom. The number of methoxy groups -OCH3 is 2. The van der Waals surface area contributed by atoms with E-state index in [0.29, 0.717) is 28.1 Å². The van der Waals surface area contributed by atoms with E-state index in [9.17, 15) is 18.9 Å². The summed E-state index contributed by atoms with van der Waals surface area (Å²) < 4.78 is 35.5. The molecule has 4 N–H and O–H groups in total. The highest BCUT2D eigenvalue weighted by atomic mass is 35.5. The van der Waals surface area contributed by atoms with Crippen LogP contribution in [0.4, 0.5) is 10.5 Å². The van der Waals surface area contributed by atoms with E-state index in [-0.39, 0.29) is 35.0 Å². The fraction of sp³-hybridized carbons (Fsp3) is 0.379. The van der Waals surface area contributed by atoms with Crippen molar-refractivity contribution < 1.29 is 37.9 Å². The number of hydrogen-bond donors (Lipinski definition) is 4. The van der Waals surface area contributed by atoms with Crippen molar-refractivity contribution in [3.63, 3.8) is 0 Å². The third-order valence-corrected chi connectivity index (χ3v) is 8.85. The Morgan fingerprint density at radius 2 is 1.84 bits per heavy atom. The molecular weight excluding hydrogens is 613 g/mol. The molecule has 1 atom stereocenters. The van der Waals surface area contributed by atoms with Crippen molar-refractivity contribution in [1.82, 2.24) is 20.5 Å². The Labute approximate surface area is 259 Å². The monoisotopic (exact) mass is 647 g/mol. The molecule has 44 heavy (non-hydrogen) atoms. The second-order valence-corrected chi connectivity index (χ2v) is 13.1. The van der Waals surface area contributed by atoms with Crippen molar-refractivity contribution in [3.8, 4) is 17.2 Å². The number of pyridine rings is 1. The van der Waals surface area contributed by atoms with Gasteiger partial charge in [0.2, 0.25) is 0 Å². The molecule has 0 aliphatic heterocycles. The lowest BCUT2D eigenvalue weighted by molar-refractivity contribution is -0.148. The van der Waals surface area contributed by atoms with E-state index in [2.05, 4.69) is 25.8 Å². The molecule has 3 aromatic rings. The van der Waals surface area contributed by atoms with Gasteiger partial charge in [-0.25, -0.2) is 9.88 Å². The van der Waals surface area contributed by atoms with Crippen LogP contribution < -0.4 is 30.3 Å². The fourth-order valence-electron chi connectivity index (χ4n) is 4.25. The maximum Gasteiger partial charge on any atom is 0.326 e. The topological polar surface area (TPSA) is 166 Å². The third-order valence-electron chi connectivity index (χ3n) is 6.44. The molecule has 1 unspecified atom stereocenters. The van der Waals surface area contributed by atoms with E-state index in [1.54, 1.807) is 37.3 Å². The summed E-state index contributed by atoms with van der Waals surface area (Å²) in [7, 11) is -1.14. The molecule has 236 valence electrons. The Balaban J connectivity index is 1.60. The SMILES string of the molecule is CCOC(=O)C(C)(C)NP(=O)(COC)NC(=O)c1cc2c(Oc3ccc(NC(=O)NC4CC4)c(Cl)c3)ccnc2cc1OC. The number of amides is 3. The average Bonchev–Trinajstić information content (AvgIpc) is 3.77. The van der Waals surface area contributed by atoms with E-state index in [1.807, 2.05) is 0 Å². The minimum atomic E-state index is -3.85. The smallest absolute Gasteiger partial charge is 0.326 e. The van der Waals surface area contributed by atoms with Gasteiger partial charge in [-0.15, -0.1) is 0 Å². The number of fused-ring (bicyclic) bond motifs is 1. The van der Waals surface area contributed by atoms with E-state index in [4.69, 9.17) is 30.5 Å². The van der Waals surface area contributed by atoms with Crippen molar-refractivity contribution in [2.24, 2.45) is 0 Å². The molecule has 4 rings (SSSR count). The molecule has 1 aliphatic rings. The zero-order valence-corrected chi connectivity index (χ0v) is 26.6. The fourth-order valence-corrected chi connectivity index (χ4v) is 6.46. The van der Waals surface area contributed by atoms with Crippen LogP contribution in [0.5, 0.6) is 17.2 Å². The Hall–Kier alpha value is -3.90. The second-order valence-electron chi connectivity index (χ2n) is 10.6. The molecule has 0 bridgehead atoms. The molecule has 13 nitrogen and oxygen atoms in total. The van der Waals surface area contributed by atoms with Crippen molar-refractivity contribution in [2.45, 2.75) is 45.2 Å². The third kappa shape index (κ3) is 8.17. The molecule has 1 saturated carbocycles. The first kappa shape index (κ1) is 33.0. The van der Waals surface area contributed by atoms with Gasteiger partial charge in [-0.2, -0.15) is 0 Å². The van der Waals surface area contributed by atoms with E-state index < -0.39 is 31.2 Å². The van der Waals surface area contributed by atoms with Crippen LogP contribution in [0.15, 0.2) is 42.6 Å². The number of aromatic nitrogens is 1. The van der Waals surface area contributed by atoms with Gasteiger partial charge in [0, 0.05) is 36.9 Å². The number of halogens is 1. The molecule has 1 heterocycles. The van der Waals surface area contributed by atoms with Gasteiger partial charge in [-0.3, -0.25) is 24.2 Å². The number of carbonyl (C=O) groups excluding carboxylic acids is 3. The number of anilines is 1. The van der Waals surface area contributed by atoms with Crippen molar-refractivity contribution in [1.29, 1.82) is 0 Å². The van der Waals surface area contributed by atoms with E-state index in [0.717, 1.165) is 12.8 Å². The lowest BCUT2D eigenvalue weighted by atomic mass is 10.1. The summed E-state index contributed by atoms with van der Waals surface area (Å²) in [6.07, 6.45) is 3.05. The minimum Gasteiger partial charge on any atom is -0.496 e. The van der Waals surface area contributed by atoms with Crippen LogP contribution in [-0.2, 0) is 18.8 Å². The highest BCUT2D eigenvalue weighted by molar-refractivity contribution is 7.60. The summed E-state index contributed by atoms with van der Waals surface area (Å²) >= 11 is 6.41. The Kier molecular flexibility index (Phi) is 10.4. The van der Waals surface area contributed by atoms with Gasteiger partial charge in [0.1, 0.15) is 29.1 Å². The molecule has 2 aromatic carbocycles. The van der Waals surface area contributed by atoms with Crippen LogP contribution in [0.25, 0.3) is 10.9 Å². The van der Waals surface area contributed by atoms with E-state index in [1.165, 1.54) is 40.3 Å². The van der Waals surface area contributed by atoms with Crippen LogP contribution in [0.1, 0.15) is 44.0 Å². The average molecular weight is 648 g/mol. The normalized spacial score (nSPS) is 14.3. The van der Waals surface area contributed by atoms with Crippen molar-refractivity contribution in [3.05, 3.63) is 53.2 Å². The van der Waals surface area contributed by atoms with Crippen LogP contribution in [-0.4, -0.2) is 61.6 Å². The highest BCUT2D eigenvalue weighted by Gasteiger charge is 2.38. The predicted molar refractivity (Wildman–Crippen MR) is 166 cm³/mol. The van der Waals surface area contributed by atoms with Gasteiger partial charge in [0.15, 0.2) is 0 Å². The number of hydrogen-bond acceptors (Lipinski definition) is 9. The minimum absolute atomic E-state index is 0.0316. The Morgan fingerprint density at radius 1 is 1.09 bits per heavy atom. The second kappa shape index (κ2) is 13.8. The summed E-state index contributed by atoms with van der Waals surface area (Å²) in [5.74, 6) is -0.526. The summed E-state index contributed by atoms with van der Waals surface area (Å²) in [6, 6.07) is 9.33.